The van der Waals surface area contributed by atoms with E-state index in [1.54, 1.807) is 0 Å². The molecule has 1 aliphatic rings. The van der Waals surface area contributed by atoms with E-state index in [1.807, 2.05) is 0 Å². The van der Waals surface area contributed by atoms with Gasteiger partial charge in [-0.05, 0) is 24.7 Å². The van der Waals surface area contributed by atoms with Crippen LogP contribution in [-0.4, -0.2) is 11.1 Å². The molecule has 1 N–H and O–H groups in total. The van der Waals surface area contributed by atoms with Crippen molar-refractivity contribution in [3.63, 3.8) is 0 Å². The van der Waals surface area contributed by atoms with E-state index in [-0.39, 0.29) is 0 Å². The third-order valence-corrected chi connectivity index (χ3v) is 2.51. The molecule has 1 saturated carbocycles. The summed E-state index contributed by atoms with van der Waals surface area (Å²) in [6.07, 6.45) is 5.13. The van der Waals surface area contributed by atoms with E-state index in [0.717, 1.165) is 18.8 Å². The molecule has 1 aliphatic carbocycles. The molecule has 0 aromatic carbocycles. The third kappa shape index (κ3) is 2.91. The zero-order chi connectivity index (χ0) is 8.27. The van der Waals surface area contributed by atoms with Gasteiger partial charge in [0.25, 0.3) is 0 Å². The molecule has 1 fully saturated rings. The summed E-state index contributed by atoms with van der Waals surface area (Å²) in [4.78, 5) is 10.4. The second kappa shape index (κ2) is 3.74. The van der Waals surface area contributed by atoms with Crippen LogP contribution in [0.25, 0.3) is 0 Å². The van der Waals surface area contributed by atoms with E-state index >= 15 is 0 Å². The molecule has 0 spiro atoms. The Kier molecular flexibility index (Phi) is 2.92. The van der Waals surface area contributed by atoms with E-state index in [9.17, 15) is 4.79 Å². The molecular weight excluding hydrogens is 140 g/mol. The maximum absolute atomic E-state index is 10.4. The normalized spacial score (nSPS) is 31.7. The Labute approximate surface area is 67.6 Å². The standard InChI is InChI=1S/C9H16O2/c1-7-3-2-4-8(5-7)6-9(10)11/h7-8H,2-6H2,1H3,(H,10,11)/t7-,8?/m1/s1. The summed E-state index contributed by atoms with van der Waals surface area (Å²) in [5, 5.41) is 8.55. The second-order valence-corrected chi connectivity index (χ2v) is 3.74. The van der Waals surface area contributed by atoms with Crippen molar-refractivity contribution < 1.29 is 9.90 Å². The number of hydrogen-bond acceptors (Lipinski definition) is 1. The van der Waals surface area contributed by atoms with Crippen LogP contribution in [0.4, 0.5) is 0 Å². The molecule has 0 aromatic rings. The van der Waals surface area contributed by atoms with Crippen LogP contribution in [-0.2, 0) is 4.79 Å². The van der Waals surface area contributed by atoms with Crippen molar-refractivity contribution in [2.45, 2.75) is 39.0 Å². The molecule has 0 aliphatic heterocycles. The van der Waals surface area contributed by atoms with Gasteiger partial charge in [0.05, 0.1) is 0 Å². The Balaban J connectivity index is 2.28. The molecule has 64 valence electrons. The van der Waals surface area contributed by atoms with E-state index in [0.29, 0.717) is 12.3 Å². The van der Waals surface area contributed by atoms with Crippen molar-refractivity contribution in [2.24, 2.45) is 11.8 Å². The lowest BCUT2D eigenvalue weighted by Gasteiger charge is -2.25. The highest BCUT2D eigenvalue weighted by Crippen LogP contribution is 2.30. The number of hydrogen-bond donors (Lipinski definition) is 1. The van der Waals surface area contributed by atoms with Crippen LogP contribution in [0.2, 0.25) is 0 Å². The Bertz CT molecular complexity index is 142. The van der Waals surface area contributed by atoms with Crippen molar-refractivity contribution in [1.82, 2.24) is 0 Å². The summed E-state index contributed by atoms with van der Waals surface area (Å²) < 4.78 is 0. The fourth-order valence-corrected chi connectivity index (χ4v) is 1.99. The fourth-order valence-electron chi connectivity index (χ4n) is 1.99. The quantitative estimate of drug-likeness (QED) is 0.666. The zero-order valence-corrected chi connectivity index (χ0v) is 7.05. The molecule has 11 heavy (non-hydrogen) atoms. The largest absolute Gasteiger partial charge is 0.481 e. The first-order valence-electron chi connectivity index (χ1n) is 4.40. The average molecular weight is 156 g/mol. The van der Waals surface area contributed by atoms with E-state index in [4.69, 9.17) is 5.11 Å². The highest BCUT2D eigenvalue weighted by Gasteiger charge is 2.20. The topological polar surface area (TPSA) is 37.3 Å². The maximum atomic E-state index is 10.4. The summed E-state index contributed by atoms with van der Waals surface area (Å²) in [6, 6.07) is 0. The first kappa shape index (κ1) is 8.57. The zero-order valence-electron chi connectivity index (χ0n) is 7.05. The van der Waals surface area contributed by atoms with Gasteiger partial charge in [-0.2, -0.15) is 0 Å². The number of carboxylic acid groups (broad SMARTS) is 1. The van der Waals surface area contributed by atoms with Gasteiger partial charge in [-0.25, -0.2) is 0 Å². The number of carbonyl (C=O) groups is 1. The van der Waals surface area contributed by atoms with Crippen molar-refractivity contribution in [3.8, 4) is 0 Å². The highest BCUT2D eigenvalue weighted by molar-refractivity contribution is 5.67. The minimum atomic E-state index is -0.635. The molecule has 2 atom stereocenters. The predicted octanol–water partition coefficient (Wildman–Crippen LogP) is 2.29. The lowest BCUT2D eigenvalue weighted by molar-refractivity contribution is -0.138. The lowest BCUT2D eigenvalue weighted by Crippen LogP contribution is -2.16. The van der Waals surface area contributed by atoms with Gasteiger partial charge in [0, 0.05) is 6.42 Å². The van der Waals surface area contributed by atoms with Gasteiger partial charge in [0.15, 0.2) is 0 Å². The second-order valence-electron chi connectivity index (χ2n) is 3.74. The van der Waals surface area contributed by atoms with Crippen LogP contribution >= 0.6 is 0 Å². The van der Waals surface area contributed by atoms with Gasteiger partial charge in [-0.15, -0.1) is 0 Å². The van der Waals surface area contributed by atoms with Crippen molar-refractivity contribution in [2.75, 3.05) is 0 Å². The van der Waals surface area contributed by atoms with Gasteiger partial charge in [0.2, 0.25) is 0 Å². The number of carboxylic acids is 1. The van der Waals surface area contributed by atoms with Gasteiger partial charge in [0.1, 0.15) is 0 Å². The molecule has 0 saturated heterocycles. The van der Waals surface area contributed by atoms with Crippen LogP contribution in [0.1, 0.15) is 39.0 Å². The Morgan fingerprint density at radius 3 is 2.82 bits per heavy atom. The van der Waals surface area contributed by atoms with Crippen molar-refractivity contribution in [3.05, 3.63) is 0 Å². The van der Waals surface area contributed by atoms with Gasteiger partial charge in [-0.3, -0.25) is 4.79 Å². The summed E-state index contributed by atoms with van der Waals surface area (Å²) >= 11 is 0. The van der Waals surface area contributed by atoms with Crippen LogP contribution in [0.3, 0.4) is 0 Å². The van der Waals surface area contributed by atoms with E-state index in [1.165, 1.54) is 12.8 Å². The average Bonchev–Trinajstić information content (AvgIpc) is 1.85. The number of aliphatic carboxylic acids is 1. The van der Waals surface area contributed by atoms with Crippen molar-refractivity contribution in [1.29, 1.82) is 0 Å². The SMILES string of the molecule is C[C@@H]1CCCC(CC(=O)O)C1. The minimum Gasteiger partial charge on any atom is -0.481 e. The Morgan fingerprint density at radius 1 is 1.55 bits per heavy atom. The van der Waals surface area contributed by atoms with Gasteiger partial charge in [-0.1, -0.05) is 19.8 Å². The van der Waals surface area contributed by atoms with E-state index in [2.05, 4.69) is 6.92 Å². The molecule has 0 aromatic heterocycles. The summed E-state index contributed by atoms with van der Waals surface area (Å²) in [7, 11) is 0. The summed E-state index contributed by atoms with van der Waals surface area (Å²) in [5.74, 6) is 0.563. The molecule has 1 rings (SSSR count). The van der Waals surface area contributed by atoms with Gasteiger partial charge < -0.3 is 5.11 Å². The van der Waals surface area contributed by atoms with Crippen LogP contribution in [0.15, 0.2) is 0 Å². The summed E-state index contributed by atoms with van der Waals surface area (Å²) in [5.41, 5.74) is 0. The molecule has 1 unspecified atom stereocenters. The molecule has 2 nitrogen and oxygen atoms in total. The monoisotopic (exact) mass is 156 g/mol. The van der Waals surface area contributed by atoms with Crippen molar-refractivity contribution >= 4 is 5.97 Å². The number of rotatable bonds is 2. The maximum Gasteiger partial charge on any atom is 0.303 e. The van der Waals surface area contributed by atoms with Crippen LogP contribution in [0.5, 0.6) is 0 Å². The first-order valence-corrected chi connectivity index (χ1v) is 4.40. The molecule has 0 radical (unpaired) electrons. The first-order chi connectivity index (χ1) is 5.18. The molecule has 0 bridgehead atoms. The minimum absolute atomic E-state index is 0.379. The van der Waals surface area contributed by atoms with E-state index < -0.39 is 5.97 Å². The Morgan fingerprint density at radius 2 is 2.27 bits per heavy atom. The smallest absolute Gasteiger partial charge is 0.303 e. The predicted molar refractivity (Wildman–Crippen MR) is 43.4 cm³/mol. The highest BCUT2D eigenvalue weighted by atomic mass is 16.4. The molecular formula is C9H16O2. The third-order valence-electron chi connectivity index (χ3n) is 2.51. The van der Waals surface area contributed by atoms with Gasteiger partial charge >= 0.3 is 5.97 Å². The molecule has 0 amide bonds. The molecule has 2 heteroatoms. The van der Waals surface area contributed by atoms with Crippen LogP contribution in [0, 0.1) is 11.8 Å². The Hall–Kier alpha value is -0.530. The fraction of sp³-hybridized carbons (Fsp3) is 0.889. The lowest BCUT2D eigenvalue weighted by atomic mass is 9.81. The summed E-state index contributed by atoms with van der Waals surface area (Å²) in [6.45, 7) is 2.22. The van der Waals surface area contributed by atoms with Crippen LogP contribution < -0.4 is 0 Å². The molecule has 0 heterocycles.